The van der Waals surface area contributed by atoms with Crippen molar-refractivity contribution in [2.24, 2.45) is 0 Å². The maximum atomic E-state index is 5.50. The van der Waals surface area contributed by atoms with Crippen molar-refractivity contribution in [1.82, 2.24) is 0 Å². The Morgan fingerprint density at radius 1 is 0.821 bits per heavy atom. The van der Waals surface area contributed by atoms with E-state index >= 15 is 0 Å². The van der Waals surface area contributed by atoms with E-state index in [-0.39, 0.29) is 0 Å². The van der Waals surface area contributed by atoms with Gasteiger partial charge in [-0.2, -0.15) is 11.3 Å². The smallest absolute Gasteiger partial charge is 0.122 e. The number of hydrogen-bond acceptors (Lipinski definition) is 3. The first kappa shape index (κ1) is 19.0. The van der Waals surface area contributed by atoms with E-state index in [2.05, 4.69) is 78.5 Å². The number of methoxy groups -OCH3 is 1. The number of ether oxygens (including phenoxy) is 1. The lowest BCUT2D eigenvalue weighted by atomic mass is 9.96. The van der Waals surface area contributed by atoms with Crippen molar-refractivity contribution >= 4 is 22.7 Å². The second-order valence-corrected chi connectivity index (χ2v) is 9.09. The molecule has 4 aromatic rings. The highest BCUT2D eigenvalue weighted by molar-refractivity contribution is 7.10. The molecule has 0 N–H and O–H groups in total. The van der Waals surface area contributed by atoms with E-state index in [1.807, 2.05) is 11.3 Å². The number of thiophene rings is 2. The molecule has 0 aliphatic heterocycles. The van der Waals surface area contributed by atoms with Gasteiger partial charge < -0.3 is 4.74 Å². The number of aryl methyl sites for hydroxylation is 2. The molecular weight excluding hydrogens is 380 g/mol. The first-order valence-electron chi connectivity index (χ1n) is 9.44. The highest BCUT2D eigenvalue weighted by Crippen LogP contribution is 2.31. The van der Waals surface area contributed by atoms with Crippen LogP contribution in [-0.4, -0.2) is 7.11 Å². The quantitative estimate of drug-likeness (QED) is 0.328. The van der Waals surface area contributed by atoms with Gasteiger partial charge in [0.1, 0.15) is 5.75 Å². The average Bonchev–Trinajstić information content (AvgIpc) is 3.32. The van der Waals surface area contributed by atoms with Crippen LogP contribution in [0.4, 0.5) is 0 Å². The Bertz CT molecular complexity index is 1090. The van der Waals surface area contributed by atoms with Gasteiger partial charge in [0.15, 0.2) is 0 Å². The first-order chi connectivity index (χ1) is 13.6. The molecule has 2 aromatic carbocycles. The zero-order valence-electron chi connectivity index (χ0n) is 16.5. The third-order valence-electron chi connectivity index (χ3n) is 5.04. The highest BCUT2D eigenvalue weighted by Gasteiger charge is 2.10. The maximum Gasteiger partial charge on any atom is 0.122 e. The van der Waals surface area contributed by atoms with Gasteiger partial charge in [-0.3, -0.25) is 0 Å². The van der Waals surface area contributed by atoms with Crippen molar-refractivity contribution in [3.63, 3.8) is 0 Å². The normalized spacial score (nSPS) is 11.0. The largest absolute Gasteiger partial charge is 0.496 e. The first-order valence-corrected chi connectivity index (χ1v) is 11.3. The molecule has 0 saturated carbocycles. The Morgan fingerprint density at radius 3 is 2.46 bits per heavy atom. The molecule has 3 heteroatoms. The minimum atomic E-state index is 0.920. The number of rotatable bonds is 6. The molecule has 4 rings (SSSR count). The molecule has 0 bridgehead atoms. The van der Waals surface area contributed by atoms with Gasteiger partial charge >= 0.3 is 0 Å². The van der Waals surface area contributed by atoms with E-state index in [1.54, 1.807) is 18.4 Å². The molecule has 2 aromatic heterocycles. The van der Waals surface area contributed by atoms with E-state index in [9.17, 15) is 0 Å². The summed E-state index contributed by atoms with van der Waals surface area (Å²) in [6.45, 7) is 4.25. The van der Waals surface area contributed by atoms with Crippen LogP contribution in [0.15, 0.2) is 64.7 Å². The summed E-state index contributed by atoms with van der Waals surface area (Å²) < 4.78 is 5.50. The monoisotopic (exact) mass is 404 g/mol. The third-order valence-corrected chi connectivity index (χ3v) is 6.74. The Labute approximate surface area is 175 Å². The number of hydrogen-bond donors (Lipinski definition) is 0. The predicted octanol–water partition coefficient (Wildman–Crippen LogP) is 7.28. The Balaban J connectivity index is 1.59. The zero-order chi connectivity index (χ0) is 19.5. The van der Waals surface area contributed by atoms with Crippen LogP contribution in [0.25, 0.3) is 11.1 Å². The average molecular weight is 405 g/mol. The minimum Gasteiger partial charge on any atom is -0.496 e. The second-order valence-electron chi connectivity index (χ2n) is 7.23. The molecule has 0 fully saturated rings. The maximum absolute atomic E-state index is 5.50. The SMILES string of the molecule is COc1cc(Cc2cscc2-c2cccc(Cc3csc(C)c3)c2)ccc1C. The topological polar surface area (TPSA) is 9.23 Å². The standard InChI is InChI=1S/C25H24OS2/c1-17-7-8-20(13-25(17)26-3)12-23-15-27-16-24(23)22-6-4-5-19(11-22)10-21-9-18(2)28-14-21/h4-9,11,13-16H,10,12H2,1-3H3. The molecule has 1 nitrogen and oxygen atoms in total. The zero-order valence-corrected chi connectivity index (χ0v) is 18.1. The molecule has 0 aliphatic rings. The molecule has 28 heavy (non-hydrogen) atoms. The van der Waals surface area contributed by atoms with E-state index in [4.69, 9.17) is 4.74 Å². The van der Waals surface area contributed by atoms with Crippen molar-refractivity contribution < 1.29 is 4.74 Å². The van der Waals surface area contributed by atoms with Crippen LogP contribution < -0.4 is 4.74 Å². The number of benzene rings is 2. The summed E-state index contributed by atoms with van der Waals surface area (Å²) in [5, 5.41) is 6.81. The summed E-state index contributed by atoms with van der Waals surface area (Å²) in [6, 6.07) is 17.8. The van der Waals surface area contributed by atoms with Crippen LogP contribution in [0.3, 0.4) is 0 Å². The van der Waals surface area contributed by atoms with Gasteiger partial charge in [-0.05, 0) is 93.9 Å². The summed E-state index contributed by atoms with van der Waals surface area (Å²) in [6.07, 6.45) is 1.91. The molecule has 0 saturated heterocycles. The predicted molar refractivity (Wildman–Crippen MR) is 122 cm³/mol. The molecule has 0 spiro atoms. The summed E-state index contributed by atoms with van der Waals surface area (Å²) in [5.74, 6) is 0.960. The van der Waals surface area contributed by atoms with E-state index in [1.165, 1.54) is 43.8 Å². The molecule has 0 unspecified atom stereocenters. The van der Waals surface area contributed by atoms with Crippen LogP contribution in [-0.2, 0) is 12.8 Å². The molecule has 2 heterocycles. The van der Waals surface area contributed by atoms with Crippen LogP contribution in [0.5, 0.6) is 5.75 Å². The Kier molecular flexibility index (Phi) is 5.65. The molecule has 0 radical (unpaired) electrons. The van der Waals surface area contributed by atoms with Crippen molar-refractivity contribution in [1.29, 1.82) is 0 Å². The van der Waals surface area contributed by atoms with Gasteiger partial charge in [-0.15, -0.1) is 11.3 Å². The summed E-state index contributed by atoms with van der Waals surface area (Å²) in [4.78, 5) is 1.37. The van der Waals surface area contributed by atoms with Crippen LogP contribution in [0.2, 0.25) is 0 Å². The fourth-order valence-corrected chi connectivity index (χ4v) is 5.16. The van der Waals surface area contributed by atoms with Gasteiger partial charge in [0.05, 0.1) is 7.11 Å². The van der Waals surface area contributed by atoms with E-state index < -0.39 is 0 Å². The Morgan fingerprint density at radius 2 is 1.68 bits per heavy atom. The lowest BCUT2D eigenvalue weighted by Crippen LogP contribution is -1.93. The van der Waals surface area contributed by atoms with Gasteiger partial charge in [-0.1, -0.05) is 36.4 Å². The fourth-order valence-electron chi connectivity index (χ4n) is 3.58. The van der Waals surface area contributed by atoms with Gasteiger partial charge in [0.2, 0.25) is 0 Å². The summed E-state index contributed by atoms with van der Waals surface area (Å²) in [7, 11) is 1.74. The summed E-state index contributed by atoms with van der Waals surface area (Å²) in [5.41, 5.74) is 9.24. The lowest BCUT2D eigenvalue weighted by Gasteiger charge is -2.10. The third kappa shape index (κ3) is 4.21. The Hall–Kier alpha value is -2.36. The second kappa shape index (κ2) is 8.34. The van der Waals surface area contributed by atoms with Gasteiger partial charge in [0, 0.05) is 4.88 Å². The molecular formula is C25H24OS2. The minimum absolute atomic E-state index is 0.920. The van der Waals surface area contributed by atoms with Gasteiger partial charge in [-0.25, -0.2) is 0 Å². The highest BCUT2D eigenvalue weighted by atomic mass is 32.1. The summed E-state index contributed by atoms with van der Waals surface area (Å²) >= 11 is 3.60. The molecule has 0 aliphatic carbocycles. The van der Waals surface area contributed by atoms with Crippen molar-refractivity contribution in [2.45, 2.75) is 26.7 Å². The molecule has 0 atom stereocenters. The van der Waals surface area contributed by atoms with Crippen LogP contribution >= 0.6 is 22.7 Å². The van der Waals surface area contributed by atoms with Gasteiger partial charge in [0.25, 0.3) is 0 Å². The van der Waals surface area contributed by atoms with Crippen molar-refractivity contribution in [3.05, 3.63) is 97.4 Å². The van der Waals surface area contributed by atoms with Crippen molar-refractivity contribution in [3.8, 4) is 16.9 Å². The fraction of sp³-hybridized carbons (Fsp3) is 0.200. The lowest BCUT2D eigenvalue weighted by molar-refractivity contribution is 0.411. The van der Waals surface area contributed by atoms with Crippen LogP contribution in [0.1, 0.15) is 32.7 Å². The van der Waals surface area contributed by atoms with Crippen molar-refractivity contribution in [2.75, 3.05) is 7.11 Å². The van der Waals surface area contributed by atoms with Crippen LogP contribution in [0, 0.1) is 13.8 Å². The molecule has 142 valence electrons. The van der Waals surface area contributed by atoms with E-state index in [0.29, 0.717) is 0 Å². The molecule has 0 amide bonds. The van der Waals surface area contributed by atoms with E-state index in [0.717, 1.165) is 18.6 Å².